The second-order valence-electron chi connectivity index (χ2n) is 7.86. The molecule has 0 radical (unpaired) electrons. The quantitative estimate of drug-likeness (QED) is 0.707. The van der Waals surface area contributed by atoms with Crippen LogP contribution in [0, 0.1) is 6.92 Å². The van der Waals surface area contributed by atoms with E-state index in [2.05, 4.69) is 21.5 Å². The monoisotopic (exact) mass is 360 g/mol. The maximum Gasteiger partial charge on any atom is 0.253 e. The fraction of sp³-hybridized carbons (Fsp3) is 0.409. The van der Waals surface area contributed by atoms with Gasteiger partial charge in [0.15, 0.2) is 0 Å². The van der Waals surface area contributed by atoms with Gasteiger partial charge < -0.3 is 9.47 Å². The molecule has 138 valence electrons. The molecule has 5 nitrogen and oxygen atoms in total. The lowest BCUT2D eigenvalue weighted by molar-refractivity contribution is 0.0677. The SMILES string of the molecule is Cc1cnc(C2CC2)n1C1CCCN(C(=O)c2ccc3ncccc3c2)C1. The number of hydrogen-bond donors (Lipinski definition) is 0. The smallest absolute Gasteiger partial charge is 0.253 e. The number of imidazole rings is 1. The van der Waals surface area contributed by atoms with Gasteiger partial charge in [-0.1, -0.05) is 6.07 Å². The summed E-state index contributed by atoms with van der Waals surface area (Å²) in [5.41, 5.74) is 2.89. The molecule has 3 aromatic rings. The molecule has 0 N–H and O–H groups in total. The normalized spacial score (nSPS) is 20.2. The summed E-state index contributed by atoms with van der Waals surface area (Å²) < 4.78 is 2.40. The molecule has 1 aromatic carbocycles. The van der Waals surface area contributed by atoms with Crippen LogP contribution in [0.25, 0.3) is 10.9 Å². The number of piperidine rings is 1. The number of fused-ring (bicyclic) bond motifs is 1. The van der Waals surface area contributed by atoms with E-state index in [-0.39, 0.29) is 5.91 Å². The molecular weight excluding hydrogens is 336 g/mol. The Balaban J connectivity index is 1.40. The van der Waals surface area contributed by atoms with E-state index in [1.165, 1.54) is 24.4 Å². The molecule has 1 aliphatic carbocycles. The minimum absolute atomic E-state index is 0.121. The molecule has 1 aliphatic heterocycles. The van der Waals surface area contributed by atoms with E-state index < -0.39 is 0 Å². The first-order chi connectivity index (χ1) is 13.2. The number of aromatic nitrogens is 3. The Hall–Kier alpha value is -2.69. The van der Waals surface area contributed by atoms with Crippen molar-refractivity contribution in [1.82, 2.24) is 19.4 Å². The summed E-state index contributed by atoms with van der Waals surface area (Å²) in [6.45, 7) is 3.73. The molecule has 5 rings (SSSR count). The third kappa shape index (κ3) is 3.01. The summed E-state index contributed by atoms with van der Waals surface area (Å²) in [4.78, 5) is 24.2. The van der Waals surface area contributed by atoms with E-state index >= 15 is 0 Å². The molecule has 1 saturated heterocycles. The Bertz CT molecular complexity index is 1000. The molecule has 0 spiro atoms. The van der Waals surface area contributed by atoms with E-state index in [1.54, 1.807) is 6.20 Å². The van der Waals surface area contributed by atoms with Crippen molar-refractivity contribution < 1.29 is 4.79 Å². The largest absolute Gasteiger partial charge is 0.337 e. The summed E-state index contributed by atoms with van der Waals surface area (Å²) in [7, 11) is 0. The molecule has 2 fully saturated rings. The van der Waals surface area contributed by atoms with Gasteiger partial charge in [0.25, 0.3) is 5.91 Å². The lowest BCUT2D eigenvalue weighted by atomic mass is 10.0. The summed E-state index contributed by atoms with van der Waals surface area (Å²) in [5.74, 6) is 1.97. The number of nitrogens with zero attached hydrogens (tertiary/aromatic N) is 4. The highest BCUT2D eigenvalue weighted by molar-refractivity contribution is 5.98. The van der Waals surface area contributed by atoms with Crippen molar-refractivity contribution in [2.75, 3.05) is 13.1 Å². The summed E-state index contributed by atoms with van der Waals surface area (Å²) in [6, 6.07) is 10.1. The van der Waals surface area contributed by atoms with Crippen LogP contribution >= 0.6 is 0 Å². The van der Waals surface area contributed by atoms with Crippen molar-refractivity contribution in [3.8, 4) is 0 Å². The van der Waals surface area contributed by atoms with E-state index in [0.717, 1.165) is 42.4 Å². The topological polar surface area (TPSA) is 51.0 Å². The summed E-state index contributed by atoms with van der Waals surface area (Å²) in [6.07, 6.45) is 8.41. The van der Waals surface area contributed by atoms with Crippen LogP contribution in [0.3, 0.4) is 0 Å². The number of amides is 1. The molecule has 2 aliphatic rings. The van der Waals surface area contributed by atoms with Gasteiger partial charge in [0.1, 0.15) is 5.82 Å². The second-order valence-corrected chi connectivity index (χ2v) is 7.86. The predicted molar refractivity (Wildman–Crippen MR) is 105 cm³/mol. The average Bonchev–Trinajstić information content (AvgIpc) is 3.49. The fourth-order valence-electron chi connectivity index (χ4n) is 4.32. The molecule has 0 bridgehead atoms. The van der Waals surface area contributed by atoms with Gasteiger partial charge in [0.2, 0.25) is 0 Å². The van der Waals surface area contributed by atoms with Crippen LogP contribution in [-0.2, 0) is 0 Å². The fourth-order valence-corrected chi connectivity index (χ4v) is 4.32. The molecule has 1 saturated carbocycles. The number of benzene rings is 1. The van der Waals surface area contributed by atoms with Crippen molar-refractivity contribution in [1.29, 1.82) is 0 Å². The van der Waals surface area contributed by atoms with Crippen LogP contribution in [0.5, 0.6) is 0 Å². The lowest BCUT2D eigenvalue weighted by Crippen LogP contribution is -2.41. The maximum atomic E-state index is 13.2. The molecule has 1 atom stereocenters. The molecule has 1 amide bonds. The minimum atomic E-state index is 0.121. The number of carbonyl (C=O) groups excluding carboxylic acids is 1. The van der Waals surface area contributed by atoms with Gasteiger partial charge in [-0.05, 0) is 56.9 Å². The van der Waals surface area contributed by atoms with Gasteiger partial charge in [-0.2, -0.15) is 0 Å². The number of carbonyl (C=O) groups is 1. The number of rotatable bonds is 3. The highest BCUT2D eigenvalue weighted by atomic mass is 16.2. The van der Waals surface area contributed by atoms with Gasteiger partial charge >= 0.3 is 0 Å². The predicted octanol–water partition coefficient (Wildman–Crippen LogP) is 4.09. The molecule has 27 heavy (non-hydrogen) atoms. The average molecular weight is 360 g/mol. The third-order valence-corrected chi connectivity index (χ3v) is 5.85. The number of likely N-dealkylation sites (tertiary alicyclic amines) is 1. The maximum absolute atomic E-state index is 13.2. The molecular formula is C22H24N4O. The molecule has 2 aromatic heterocycles. The first-order valence-corrected chi connectivity index (χ1v) is 9.88. The van der Waals surface area contributed by atoms with Gasteiger partial charge in [-0.15, -0.1) is 0 Å². The molecule has 1 unspecified atom stereocenters. The van der Waals surface area contributed by atoms with E-state index in [9.17, 15) is 4.79 Å². The van der Waals surface area contributed by atoms with Crippen LogP contribution in [0.1, 0.15) is 59.5 Å². The number of pyridine rings is 1. The van der Waals surface area contributed by atoms with Crippen molar-refractivity contribution in [2.45, 2.75) is 44.6 Å². The Morgan fingerprint density at radius 1 is 1.15 bits per heavy atom. The zero-order valence-electron chi connectivity index (χ0n) is 15.6. The minimum Gasteiger partial charge on any atom is -0.337 e. The van der Waals surface area contributed by atoms with Crippen LogP contribution in [0.2, 0.25) is 0 Å². The summed E-state index contributed by atoms with van der Waals surface area (Å²) >= 11 is 0. The highest BCUT2D eigenvalue weighted by Crippen LogP contribution is 2.41. The zero-order valence-corrected chi connectivity index (χ0v) is 15.6. The summed E-state index contributed by atoms with van der Waals surface area (Å²) in [5, 5.41) is 1.01. The lowest BCUT2D eigenvalue weighted by Gasteiger charge is -2.35. The first-order valence-electron chi connectivity index (χ1n) is 9.88. The van der Waals surface area contributed by atoms with Crippen LogP contribution < -0.4 is 0 Å². The van der Waals surface area contributed by atoms with Gasteiger partial charge in [0, 0.05) is 48.0 Å². The zero-order chi connectivity index (χ0) is 18.4. The first kappa shape index (κ1) is 16.5. The molecule has 5 heteroatoms. The Morgan fingerprint density at radius 2 is 2.04 bits per heavy atom. The van der Waals surface area contributed by atoms with Crippen molar-refractivity contribution in [3.05, 3.63) is 59.8 Å². The van der Waals surface area contributed by atoms with Gasteiger partial charge in [0.05, 0.1) is 11.6 Å². The van der Waals surface area contributed by atoms with Crippen molar-refractivity contribution in [2.24, 2.45) is 0 Å². The Morgan fingerprint density at radius 3 is 2.89 bits per heavy atom. The van der Waals surface area contributed by atoms with E-state index in [4.69, 9.17) is 0 Å². The van der Waals surface area contributed by atoms with Crippen LogP contribution in [0.4, 0.5) is 0 Å². The number of hydrogen-bond acceptors (Lipinski definition) is 3. The van der Waals surface area contributed by atoms with Crippen LogP contribution in [0.15, 0.2) is 42.7 Å². The van der Waals surface area contributed by atoms with Crippen molar-refractivity contribution in [3.63, 3.8) is 0 Å². The molecule has 3 heterocycles. The highest BCUT2D eigenvalue weighted by Gasteiger charge is 2.33. The third-order valence-electron chi connectivity index (χ3n) is 5.85. The standard InChI is InChI=1S/C22H24N4O/c1-15-13-24-21(16-6-7-16)26(15)19-5-3-11-25(14-19)22(27)18-8-9-20-17(12-18)4-2-10-23-20/h2,4,8-10,12-13,16,19H,3,5-7,11,14H2,1H3. The van der Waals surface area contributed by atoms with E-state index in [0.29, 0.717) is 12.0 Å². The van der Waals surface area contributed by atoms with Crippen LogP contribution in [-0.4, -0.2) is 38.4 Å². The Kier molecular flexibility index (Phi) is 3.96. The number of aryl methyl sites for hydroxylation is 1. The van der Waals surface area contributed by atoms with Gasteiger partial charge in [-0.3, -0.25) is 9.78 Å². The second kappa shape index (κ2) is 6.48. The van der Waals surface area contributed by atoms with Gasteiger partial charge in [-0.25, -0.2) is 4.98 Å². The van der Waals surface area contributed by atoms with E-state index in [1.807, 2.05) is 41.4 Å². The van der Waals surface area contributed by atoms with Crippen molar-refractivity contribution >= 4 is 16.8 Å². The Labute approximate surface area is 159 Å².